The monoisotopic (exact) mass is 356 g/mol. The van der Waals surface area contributed by atoms with Crippen molar-refractivity contribution >= 4 is 34.0 Å². The summed E-state index contributed by atoms with van der Waals surface area (Å²) in [5, 5.41) is 12.0. The highest BCUT2D eigenvalue weighted by Crippen LogP contribution is 2.20. The second-order valence-electron chi connectivity index (χ2n) is 5.89. The lowest BCUT2D eigenvalue weighted by Crippen LogP contribution is -2.29. The smallest absolute Gasteiger partial charge is 0.336 e. The Morgan fingerprint density at radius 3 is 2.88 bits per heavy atom. The summed E-state index contributed by atoms with van der Waals surface area (Å²) in [4.78, 5) is 11.5. The number of nitrogens with zero attached hydrogens (tertiary/aromatic N) is 2. The van der Waals surface area contributed by atoms with Crippen molar-refractivity contribution in [2.45, 2.75) is 26.8 Å². The van der Waals surface area contributed by atoms with E-state index in [9.17, 15) is 4.79 Å². The number of hydrogen-bond donors (Lipinski definition) is 2. The molecule has 0 amide bonds. The van der Waals surface area contributed by atoms with Crippen molar-refractivity contribution in [1.29, 1.82) is 0 Å². The third-order valence-corrected chi connectivity index (χ3v) is 4.22. The van der Waals surface area contributed by atoms with Gasteiger partial charge < -0.3 is 15.1 Å². The summed E-state index contributed by atoms with van der Waals surface area (Å²) in [6.07, 6.45) is 2.71. The van der Waals surface area contributed by atoms with Gasteiger partial charge in [-0.25, -0.2) is 4.79 Å². The topological polar surface area (TPSA) is 72.1 Å². The molecular weight excluding hydrogens is 336 g/mol. The predicted octanol–water partition coefficient (Wildman–Crippen LogP) is 2.98. The van der Waals surface area contributed by atoms with E-state index < -0.39 is 0 Å². The number of aromatic nitrogens is 2. The lowest BCUT2D eigenvalue weighted by molar-refractivity contribution is 0.560. The van der Waals surface area contributed by atoms with E-state index in [4.69, 9.17) is 16.6 Å². The Hall–Kier alpha value is -2.67. The van der Waals surface area contributed by atoms with Crippen LogP contribution in [0.5, 0.6) is 0 Å². The molecule has 0 aliphatic heterocycles. The molecular formula is C18H20N4O2S. The Balaban J connectivity index is 1.55. The van der Waals surface area contributed by atoms with Crippen LogP contribution in [0.3, 0.4) is 0 Å². The molecule has 0 aliphatic carbocycles. The second kappa shape index (κ2) is 7.48. The first-order valence-corrected chi connectivity index (χ1v) is 8.51. The summed E-state index contributed by atoms with van der Waals surface area (Å²) in [5.41, 5.74) is 3.02. The fourth-order valence-corrected chi connectivity index (χ4v) is 2.86. The van der Waals surface area contributed by atoms with Crippen LogP contribution in [0.4, 0.5) is 5.69 Å². The first-order valence-electron chi connectivity index (χ1n) is 8.11. The fraction of sp³-hybridized carbons (Fsp3) is 0.278. The Morgan fingerprint density at radius 1 is 1.28 bits per heavy atom. The summed E-state index contributed by atoms with van der Waals surface area (Å²) in [5.74, 6) is 0. The average Bonchev–Trinajstić information content (AvgIpc) is 2.96. The van der Waals surface area contributed by atoms with E-state index in [0.29, 0.717) is 10.7 Å². The lowest BCUT2D eigenvalue weighted by Gasteiger charge is -2.11. The zero-order chi connectivity index (χ0) is 17.8. The van der Waals surface area contributed by atoms with E-state index in [1.54, 1.807) is 12.3 Å². The number of hydrogen-bond acceptors (Lipinski definition) is 4. The maximum atomic E-state index is 11.5. The minimum Gasteiger partial charge on any atom is -0.423 e. The molecule has 130 valence electrons. The number of benzene rings is 1. The Labute approximate surface area is 150 Å². The molecule has 1 aromatic carbocycles. The molecule has 0 fully saturated rings. The van der Waals surface area contributed by atoms with Gasteiger partial charge in [0.05, 0.1) is 0 Å². The Kier molecular flexibility index (Phi) is 5.14. The van der Waals surface area contributed by atoms with Crippen molar-refractivity contribution in [2.75, 3.05) is 11.9 Å². The van der Waals surface area contributed by atoms with Gasteiger partial charge in [0.25, 0.3) is 0 Å². The van der Waals surface area contributed by atoms with Gasteiger partial charge in [-0.3, -0.25) is 4.68 Å². The van der Waals surface area contributed by atoms with Crippen LogP contribution in [0.25, 0.3) is 11.0 Å². The van der Waals surface area contributed by atoms with Gasteiger partial charge in [-0.1, -0.05) is 0 Å². The van der Waals surface area contributed by atoms with Crippen LogP contribution in [0.2, 0.25) is 0 Å². The van der Waals surface area contributed by atoms with Gasteiger partial charge in [0.2, 0.25) is 0 Å². The van der Waals surface area contributed by atoms with E-state index in [0.717, 1.165) is 41.8 Å². The maximum Gasteiger partial charge on any atom is 0.336 e. The van der Waals surface area contributed by atoms with E-state index in [2.05, 4.69) is 15.7 Å². The van der Waals surface area contributed by atoms with Crippen LogP contribution in [-0.2, 0) is 6.54 Å². The lowest BCUT2D eigenvalue weighted by atomic mass is 10.1. The number of nitrogens with one attached hydrogen (secondary N) is 2. The van der Waals surface area contributed by atoms with Crippen LogP contribution >= 0.6 is 12.2 Å². The molecule has 3 aromatic rings. The Bertz CT molecular complexity index is 961. The Morgan fingerprint density at radius 2 is 2.12 bits per heavy atom. The molecule has 2 heterocycles. The highest BCUT2D eigenvalue weighted by atomic mass is 32.1. The largest absolute Gasteiger partial charge is 0.423 e. The number of fused-ring (bicyclic) bond motifs is 1. The molecule has 0 saturated carbocycles. The first kappa shape index (κ1) is 17.2. The molecule has 6 nitrogen and oxygen atoms in total. The third kappa shape index (κ3) is 4.24. The minimum atomic E-state index is -0.350. The summed E-state index contributed by atoms with van der Waals surface area (Å²) >= 11 is 5.31. The van der Waals surface area contributed by atoms with Crippen LogP contribution in [0, 0.1) is 13.8 Å². The molecule has 3 rings (SSSR count). The molecule has 2 aromatic heterocycles. The van der Waals surface area contributed by atoms with Crippen LogP contribution in [0.15, 0.2) is 45.7 Å². The molecule has 2 N–H and O–H groups in total. The van der Waals surface area contributed by atoms with Crippen molar-refractivity contribution in [3.8, 4) is 0 Å². The number of aryl methyl sites for hydroxylation is 3. The zero-order valence-corrected chi connectivity index (χ0v) is 15.0. The summed E-state index contributed by atoms with van der Waals surface area (Å²) in [6.45, 7) is 5.51. The van der Waals surface area contributed by atoms with Crippen LogP contribution in [-0.4, -0.2) is 21.4 Å². The average molecular weight is 356 g/mol. The van der Waals surface area contributed by atoms with Crippen molar-refractivity contribution < 1.29 is 4.42 Å². The molecule has 0 bridgehead atoms. The van der Waals surface area contributed by atoms with Crippen molar-refractivity contribution in [3.05, 3.63) is 58.2 Å². The van der Waals surface area contributed by atoms with Gasteiger partial charge >= 0.3 is 5.63 Å². The molecule has 7 heteroatoms. The molecule has 0 radical (unpaired) electrons. The molecule has 25 heavy (non-hydrogen) atoms. The predicted molar refractivity (Wildman–Crippen MR) is 103 cm³/mol. The van der Waals surface area contributed by atoms with Crippen molar-refractivity contribution in [3.63, 3.8) is 0 Å². The van der Waals surface area contributed by atoms with Gasteiger partial charge in [0.1, 0.15) is 5.58 Å². The van der Waals surface area contributed by atoms with Gasteiger partial charge in [-0.05, 0) is 56.2 Å². The van der Waals surface area contributed by atoms with Crippen LogP contribution < -0.4 is 16.3 Å². The van der Waals surface area contributed by atoms with Gasteiger partial charge in [0.15, 0.2) is 5.11 Å². The maximum absolute atomic E-state index is 11.5. The van der Waals surface area contributed by atoms with Crippen LogP contribution in [0.1, 0.15) is 17.7 Å². The molecule has 0 atom stereocenters. The quantitative estimate of drug-likeness (QED) is 0.416. The molecule has 0 spiro atoms. The SMILES string of the molecule is Cc1cc(=O)oc2cc(NC(=S)NCCCn3nccc3C)ccc12. The molecule has 0 saturated heterocycles. The van der Waals surface area contributed by atoms with Gasteiger partial charge in [-0.15, -0.1) is 0 Å². The summed E-state index contributed by atoms with van der Waals surface area (Å²) in [6, 6.07) is 9.09. The number of thiocarbonyl (C=S) groups is 1. The highest BCUT2D eigenvalue weighted by molar-refractivity contribution is 7.80. The zero-order valence-electron chi connectivity index (χ0n) is 14.2. The number of rotatable bonds is 5. The van der Waals surface area contributed by atoms with E-state index in [1.165, 1.54) is 6.07 Å². The van der Waals surface area contributed by atoms with Gasteiger partial charge in [-0.2, -0.15) is 5.10 Å². The van der Waals surface area contributed by atoms with Crippen molar-refractivity contribution in [1.82, 2.24) is 15.1 Å². The fourth-order valence-electron chi connectivity index (χ4n) is 2.64. The number of anilines is 1. The molecule has 0 unspecified atom stereocenters. The van der Waals surface area contributed by atoms with E-state index >= 15 is 0 Å². The molecule has 0 aliphatic rings. The standard InChI is InChI=1S/C18H20N4O2S/c1-12-10-17(23)24-16-11-14(4-5-15(12)16)21-18(25)19-7-3-9-22-13(2)6-8-20-22/h4-6,8,10-11H,3,7,9H2,1-2H3,(H2,19,21,25). The van der Waals surface area contributed by atoms with E-state index in [-0.39, 0.29) is 5.63 Å². The summed E-state index contributed by atoms with van der Waals surface area (Å²) < 4.78 is 7.21. The van der Waals surface area contributed by atoms with Gasteiger partial charge in [0, 0.05) is 48.2 Å². The van der Waals surface area contributed by atoms with Crippen molar-refractivity contribution in [2.24, 2.45) is 0 Å². The second-order valence-corrected chi connectivity index (χ2v) is 6.30. The summed E-state index contributed by atoms with van der Waals surface area (Å²) in [7, 11) is 0. The first-order chi connectivity index (χ1) is 12.0. The van der Waals surface area contributed by atoms with E-state index in [1.807, 2.05) is 36.7 Å². The third-order valence-electron chi connectivity index (χ3n) is 3.97. The minimum absolute atomic E-state index is 0.350. The normalized spacial score (nSPS) is 10.8. The highest BCUT2D eigenvalue weighted by Gasteiger charge is 2.05.